The Hall–Kier alpha value is -2.31. The number of morpholine rings is 1. The van der Waals surface area contributed by atoms with Gasteiger partial charge >= 0.3 is 0 Å². The number of para-hydroxylation sites is 2. The summed E-state index contributed by atoms with van der Waals surface area (Å²) < 4.78 is 8.11. The molecule has 0 amide bonds. The van der Waals surface area contributed by atoms with Gasteiger partial charge in [0.05, 0.1) is 24.2 Å². The number of aromatic nitrogens is 4. The fourth-order valence-corrected chi connectivity index (χ4v) is 3.44. The molecule has 1 atom stereocenters. The van der Waals surface area contributed by atoms with E-state index in [4.69, 9.17) is 9.72 Å². The normalized spacial score (nSPS) is 18.8. The Kier molecular flexibility index (Phi) is 4.23. The van der Waals surface area contributed by atoms with Crippen LogP contribution in [0.4, 0.5) is 0 Å². The molecule has 3 heterocycles. The van der Waals surface area contributed by atoms with Gasteiger partial charge in [0.25, 0.3) is 0 Å². The molecule has 6 nitrogen and oxygen atoms in total. The van der Waals surface area contributed by atoms with Crippen LogP contribution in [0.2, 0.25) is 0 Å². The van der Waals surface area contributed by atoms with Crippen LogP contribution in [0.15, 0.2) is 30.3 Å². The molecule has 0 radical (unpaired) electrons. The van der Waals surface area contributed by atoms with Crippen molar-refractivity contribution in [3.05, 3.63) is 53.4 Å². The summed E-state index contributed by atoms with van der Waals surface area (Å²) in [4.78, 5) is 16.3. The molecule has 4 rings (SSSR count). The number of benzene rings is 1. The summed E-state index contributed by atoms with van der Waals surface area (Å²) >= 11 is 0. The van der Waals surface area contributed by atoms with Crippen LogP contribution in [0, 0.1) is 13.8 Å². The zero-order valence-corrected chi connectivity index (χ0v) is 14.9. The van der Waals surface area contributed by atoms with Gasteiger partial charge in [0, 0.05) is 31.5 Å². The molecular formula is C19H23N5O. The summed E-state index contributed by atoms with van der Waals surface area (Å²) in [6.07, 6.45) is -0.0814. The zero-order valence-electron chi connectivity index (χ0n) is 14.9. The predicted molar refractivity (Wildman–Crippen MR) is 96.2 cm³/mol. The van der Waals surface area contributed by atoms with E-state index >= 15 is 0 Å². The number of hydrogen-bond acceptors (Lipinski definition) is 5. The van der Waals surface area contributed by atoms with Crippen molar-refractivity contribution < 1.29 is 4.74 Å². The SMILES string of the molecule is Cc1cc(C)nc([C@H]2CN(Cc3nc4ccccc4n3C)CCO2)n1. The van der Waals surface area contributed by atoms with E-state index in [-0.39, 0.29) is 6.10 Å². The van der Waals surface area contributed by atoms with Crippen LogP contribution in [0.3, 0.4) is 0 Å². The highest BCUT2D eigenvalue weighted by Crippen LogP contribution is 2.22. The first kappa shape index (κ1) is 16.2. The molecule has 25 heavy (non-hydrogen) atoms. The molecule has 0 saturated carbocycles. The fraction of sp³-hybridized carbons (Fsp3) is 0.421. The van der Waals surface area contributed by atoms with Crippen LogP contribution in [-0.4, -0.2) is 44.1 Å². The second kappa shape index (κ2) is 6.54. The molecule has 1 fully saturated rings. The molecule has 0 spiro atoms. The third-order valence-electron chi connectivity index (χ3n) is 4.68. The van der Waals surface area contributed by atoms with Crippen molar-refractivity contribution in [2.24, 2.45) is 7.05 Å². The quantitative estimate of drug-likeness (QED) is 0.735. The summed E-state index contributed by atoms with van der Waals surface area (Å²) in [5.41, 5.74) is 4.18. The van der Waals surface area contributed by atoms with Gasteiger partial charge in [-0.05, 0) is 32.0 Å². The third-order valence-corrected chi connectivity index (χ3v) is 4.68. The van der Waals surface area contributed by atoms with Crippen LogP contribution in [0.1, 0.15) is 29.1 Å². The molecule has 2 aromatic heterocycles. The number of ether oxygens (including phenoxy) is 1. The average molecular weight is 337 g/mol. The second-order valence-corrected chi connectivity index (χ2v) is 6.68. The zero-order chi connectivity index (χ0) is 17.4. The van der Waals surface area contributed by atoms with E-state index in [0.29, 0.717) is 6.61 Å². The van der Waals surface area contributed by atoms with E-state index in [9.17, 15) is 0 Å². The van der Waals surface area contributed by atoms with E-state index in [0.717, 1.165) is 48.2 Å². The molecule has 3 aromatic rings. The highest BCUT2D eigenvalue weighted by atomic mass is 16.5. The van der Waals surface area contributed by atoms with Crippen LogP contribution in [0.25, 0.3) is 11.0 Å². The summed E-state index contributed by atoms with van der Waals surface area (Å²) in [5.74, 6) is 1.86. The monoisotopic (exact) mass is 337 g/mol. The largest absolute Gasteiger partial charge is 0.368 e. The van der Waals surface area contributed by atoms with Crippen LogP contribution in [0.5, 0.6) is 0 Å². The van der Waals surface area contributed by atoms with Gasteiger partial charge in [-0.1, -0.05) is 12.1 Å². The van der Waals surface area contributed by atoms with Gasteiger partial charge in [0.2, 0.25) is 0 Å². The first-order chi connectivity index (χ1) is 12.1. The Balaban J connectivity index is 1.53. The number of imidazole rings is 1. The average Bonchev–Trinajstić information content (AvgIpc) is 2.91. The lowest BCUT2D eigenvalue weighted by molar-refractivity contribution is -0.0382. The molecule has 1 aromatic carbocycles. The van der Waals surface area contributed by atoms with Crippen molar-refractivity contribution in [3.8, 4) is 0 Å². The van der Waals surface area contributed by atoms with Crippen molar-refractivity contribution >= 4 is 11.0 Å². The number of fused-ring (bicyclic) bond motifs is 1. The lowest BCUT2D eigenvalue weighted by atomic mass is 10.2. The standard InChI is InChI=1S/C19H23N5O/c1-13-10-14(2)21-19(20-13)17-11-24(8-9-25-17)12-18-22-15-6-4-5-7-16(15)23(18)3/h4-7,10,17H,8-9,11-12H2,1-3H3/t17-/m1/s1. The number of hydrogen-bond donors (Lipinski definition) is 0. The van der Waals surface area contributed by atoms with Gasteiger partial charge < -0.3 is 9.30 Å². The number of rotatable bonds is 3. The highest BCUT2D eigenvalue weighted by Gasteiger charge is 2.25. The maximum atomic E-state index is 5.94. The lowest BCUT2D eigenvalue weighted by Crippen LogP contribution is -2.39. The van der Waals surface area contributed by atoms with Crippen LogP contribution < -0.4 is 0 Å². The molecule has 0 aliphatic carbocycles. The summed E-state index contributed by atoms with van der Waals surface area (Å²) in [6, 6.07) is 10.2. The summed E-state index contributed by atoms with van der Waals surface area (Å²) in [6.45, 7) is 7.16. The van der Waals surface area contributed by atoms with Crippen molar-refractivity contribution in [2.75, 3.05) is 19.7 Å². The molecular weight excluding hydrogens is 314 g/mol. The molecule has 1 saturated heterocycles. The van der Waals surface area contributed by atoms with Gasteiger partial charge in [-0.2, -0.15) is 0 Å². The first-order valence-electron chi connectivity index (χ1n) is 8.66. The number of aryl methyl sites for hydroxylation is 3. The topological polar surface area (TPSA) is 56.1 Å². The maximum absolute atomic E-state index is 5.94. The first-order valence-corrected chi connectivity index (χ1v) is 8.66. The Labute approximate surface area is 147 Å². The molecule has 0 unspecified atom stereocenters. The van der Waals surface area contributed by atoms with Crippen molar-refractivity contribution in [3.63, 3.8) is 0 Å². The van der Waals surface area contributed by atoms with Gasteiger partial charge in [-0.15, -0.1) is 0 Å². The molecule has 6 heteroatoms. The molecule has 130 valence electrons. The molecule has 1 aliphatic heterocycles. The van der Waals surface area contributed by atoms with Gasteiger partial charge in [0.15, 0.2) is 5.82 Å². The van der Waals surface area contributed by atoms with E-state index in [1.807, 2.05) is 26.0 Å². The van der Waals surface area contributed by atoms with Gasteiger partial charge in [-0.25, -0.2) is 15.0 Å². The smallest absolute Gasteiger partial charge is 0.158 e. The second-order valence-electron chi connectivity index (χ2n) is 6.68. The van der Waals surface area contributed by atoms with E-state index in [1.165, 1.54) is 5.52 Å². The maximum Gasteiger partial charge on any atom is 0.158 e. The minimum atomic E-state index is -0.0814. The molecule has 0 N–H and O–H groups in total. The predicted octanol–water partition coefficient (Wildman–Crippen LogP) is 2.55. The van der Waals surface area contributed by atoms with E-state index in [2.05, 4.69) is 44.7 Å². The van der Waals surface area contributed by atoms with Gasteiger partial charge in [0.1, 0.15) is 11.9 Å². The van der Waals surface area contributed by atoms with E-state index < -0.39 is 0 Å². The molecule has 1 aliphatic rings. The third kappa shape index (κ3) is 3.27. The van der Waals surface area contributed by atoms with Crippen LogP contribution >= 0.6 is 0 Å². The lowest BCUT2D eigenvalue weighted by Gasteiger charge is -2.32. The highest BCUT2D eigenvalue weighted by molar-refractivity contribution is 5.75. The number of nitrogens with zero attached hydrogens (tertiary/aromatic N) is 5. The van der Waals surface area contributed by atoms with Crippen molar-refractivity contribution in [2.45, 2.75) is 26.5 Å². The fourth-order valence-electron chi connectivity index (χ4n) is 3.44. The minimum Gasteiger partial charge on any atom is -0.368 e. The van der Waals surface area contributed by atoms with Crippen molar-refractivity contribution in [1.82, 2.24) is 24.4 Å². The Morgan fingerprint density at radius 2 is 1.88 bits per heavy atom. The Morgan fingerprint density at radius 1 is 1.12 bits per heavy atom. The summed E-state index contributed by atoms with van der Waals surface area (Å²) in [7, 11) is 2.08. The van der Waals surface area contributed by atoms with Gasteiger partial charge in [-0.3, -0.25) is 4.90 Å². The van der Waals surface area contributed by atoms with Crippen LogP contribution in [-0.2, 0) is 18.3 Å². The van der Waals surface area contributed by atoms with Crippen molar-refractivity contribution in [1.29, 1.82) is 0 Å². The Bertz CT molecular complexity index is 884. The summed E-state index contributed by atoms with van der Waals surface area (Å²) in [5, 5.41) is 0. The minimum absolute atomic E-state index is 0.0814. The molecule has 0 bridgehead atoms. The Morgan fingerprint density at radius 3 is 2.64 bits per heavy atom. The van der Waals surface area contributed by atoms with E-state index in [1.54, 1.807) is 0 Å².